The zero-order chi connectivity index (χ0) is 17.3. The lowest BCUT2D eigenvalue weighted by atomic mass is 10.1. The molecule has 0 spiro atoms. The van der Waals surface area contributed by atoms with Crippen LogP contribution in [0.5, 0.6) is 0 Å². The number of hydrogen-bond acceptors (Lipinski definition) is 3. The first kappa shape index (κ1) is 21.6. The summed E-state index contributed by atoms with van der Waals surface area (Å²) in [7, 11) is 0. The minimum absolute atomic E-state index is 0.304. The van der Waals surface area contributed by atoms with Crippen LogP contribution in [-0.2, 0) is 9.59 Å². The first-order valence-electron chi connectivity index (χ1n) is 8.89. The summed E-state index contributed by atoms with van der Waals surface area (Å²) in [5.41, 5.74) is 0. The van der Waals surface area contributed by atoms with Gasteiger partial charge in [0.05, 0.1) is 6.61 Å². The molecule has 5 heteroatoms. The fourth-order valence-electron chi connectivity index (χ4n) is 2.28. The third-order valence-electron chi connectivity index (χ3n) is 3.73. The van der Waals surface area contributed by atoms with Crippen LogP contribution in [0.25, 0.3) is 0 Å². The summed E-state index contributed by atoms with van der Waals surface area (Å²) in [6.07, 6.45) is 16.2. The predicted octanol–water partition coefficient (Wildman–Crippen LogP) is 3.42. The van der Waals surface area contributed by atoms with E-state index in [1.54, 1.807) is 0 Å². The molecule has 0 saturated carbocycles. The fourth-order valence-corrected chi connectivity index (χ4v) is 2.28. The van der Waals surface area contributed by atoms with Crippen LogP contribution in [-0.4, -0.2) is 34.7 Å². The van der Waals surface area contributed by atoms with Gasteiger partial charge in [0.25, 0.3) is 0 Å². The Balaban J connectivity index is 3.42. The van der Waals surface area contributed by atoms with Crippen molar-refractivity contribution in [3.05, 3.63) is 12.2 Å². The number of nitrogens with one attached hydrogen (secondary N) is 1. The number of aliphatic hydroxyl groups is 1. The predicted molar refractivity (Wildman–Crippen MR) is 92.3 cm³/mol. The molecule has 0 bridgehead atoms. The lowest BCUT2D eigenvalue weighted by Crippen LogP contribution is -2.43. The van der Waals surface area contributed by atoms with Crippen LogP contribution in [0.15, 0.2) is 12.2 Å². The summed E-state index contributed by atoms with van der Waals surface area (Å²) in [4.78, 5) is 22.2. The number of aliphatic hydroxyl groups excluding tert-OH is 1. The number of carboxylic acid groups (broad SMARTS) is 1. The molecule has 0 saturated heterocycles. The second kappa shape index (κ2) is 15.5. The van der Waals surface area contributed by atoms with Crippen molar-refractivity contribution in [3.8, 4) is 0 Å². The van der Waals surface area contributed by atoms with E-state index in [2.05, 4.69) is 24.4 Å². The van der Waals surface area contributed by atoms with Gasteiger partial charge in [-0.25, -0.2) is 4.79 Å². The minimum Gasteiger partial charge on any atom is -0.480 e. The number of hydrogen-bond donors (Lipinski definition) is 3. The number of allylic oxidation sites excluding steroid dienone is 2. The Morgan fingerprint density at radius 2 is 1.52 bits per heavy atom. The van der Waals surface area contributed by atoms with Crippen molar-refractivity contribution < 1.29 is 19.8 Å². The molecule has 0 rings (SSSR count). The second-order valence-corrected chi connectivity index (χ2v) is 5.91. The molecule has 1 atom stereocenters. The van der Waals surface area contributed by atoms with Gasteiger partial charge >= 0.3 is 5.97 Å². The minimum atomic E-state index is -1.21. The van der Waals surface area contributed by atoms with Gasteiger partial charge in [0.2, 0.25) is 5.91 Å². The second-order valence-electron chi connectivity index (χ2n) is 5.91. The summed E-state index contributed by atoms with van der Waals surface area (Å²) < 4.78 is 0. The molecule has 0 aliphatic heterocycles. The molecular weight excluding hydrogens is 294 g/mol. The maximum absolute atomic E-state index is 11.5. The van der Waals surface area contributed by atoms with Gasteiger partial charge in [0.1, 0.15) is 6.04 Å². The van der Waals surface area contributed by atoms with Crippen molar-refractivity contribution in [1.82, 2.24) is 5.32 Å². The Labute approximate surface area is 140 Å². The number of carbonyl (C=O) groups is 2. The lowest BCUT2D eigenvalue weighted by Gasteiger charge is -2.11. The fraction of sp³-hybridized carbons (Fsp3) is 0.778. The molecule has 3 N–H and O–H groups in total. The van der Waals surface area contributed by atoms with Crippen LogP contribution in [0.1, 0.15) is 77.6 Å². The average molecular weight is 327 g/mol. The van der Waals surface area contributed by atoms with Gasteiger partial charge in [0.15, 0.2) is 0 Å². The van der Waals surface area contributed by atoms with E-state index in [-0.39, 0.29) is 5.91 Å². The van der Waals surface area contributed by atoms with Crippen molar-refractivity contribution in [3.63, 3.8) is 0 Å². The van der Waals surface area contributed by atoms with E-state index in [1.165, 1.54) is 32.1 Å². The van der Waals surface area contributed by atoms with Gasteiger partial charge in [-0.15, -0.1) is 0 Å². The maximum atomic E-state index is 11.5. The van der Waals surface area contributed by atoms with Crippen LogP contribution >= 0.6 is 0 Å². The molecule has 0 heterocycles. The molecule has 0 fully saturated rings. The summed E-state index contributed by atoms with van der Waals surface area (Å²) in [6.45, 7) is 1.64. The Hall–Kier alpha value is -1.36. The SMILES string of the molecule is CCCCC/C=C\CCCCCCCC(=O)N[C@@H](CO)C(=O)O. The highest BCUT2D eigenvalue weighted by molar-refractivity contribution is 5.83. The molecule has 23 heavy (non-hydrogen) atoms. The van der Waals surface area contributed by atoms with Crippen LogP contribution in [0.4, 0.5) is 0 Å². The highest BCUT2D eigenvalue weighted by Gasteiger charge is 2.17. The number of aliphatic carboxylic acids is 1. The number of carboxylic acids is 1. The summed E-state index contributed by atoms with van der Waals surface area (Å²) in [5.74, 6) is -1.51. The number of unbranched alkanes of at least 4 members (excludes halogenated alkanes) is 8. The molecule has 0 aliphatic carbocycles. The lowest BCUT2D eigenvalue weighted by molar-refractivity contribution is -0.142. The van der Waals surface area contributed by atoms with E-state index < -0.39 is 18.6 Å². The van der Waals surface area contributed by atoms with Gasteiger partial charge in [-0.1, -0.05) is 51.2 Å². The zero-order valence-electron chi connectivity index (χ0n) is 14.4. The van der Waals surface area contributed by atoms with E-state index in [0.29, 0.717) is 6.42 Å². The van der Waals surface area contributed by atoms with Crippen LogP contribution in [0.3, 0.4) is 0 Å². The Bertz CT molecular complexity index is 342. The summed E-state index contributed by atoms with van der Waals surface area (Å²) >= 11 is 0. The molecule has 134 valence electrons. The van der Waals surface area contributed by atoms with Crippen LogP contribution in [0.2, 0.25) is 0 Å². The normalized spacial score (nSPS) is 12.4. The van der Waals surface area contributed by atoms with Crippen LogP contribution < -0.4 is 5.32 Å². The van der Waals surface area contributed by atoms with E-state index in [1.807, 2.05) is 0 Å². The first-order chi connectivity index (χ1) is 11.1. The van der Waals surface area contributed by atoms with Gasteiger partial charge in [-0.2, -0.15) is 0 Å². The van der Waals surface area contributed by atoms with Gasteiger partial charge in [0, 0.05) is 6.42 Å². The van der Waals surface area contributed by atoms with Gasteiger partial charge < -0.3 is 15.5 Å². The van der Waals surface area contributed by atoms with E-state index >= 15 is 0 Å². The molecule has 0 aliphatic rings. The Morgan fingerprint density at radius 1 is 0.957 bits per heavy atom. The van der Waals surface area contributed by atoms with Crippen LogP contribution in [0, 0.1) is 0 Å². The standard InChI is InChI=1S/C18H33NO4/c1-2-3-4-5-6-7-8-9-10-11-12-13-14-17(21)19-16(15-20)18(22)23/h6-7,16,20H,2-5,8-15H2,1H3,(H,19,21)(H,22,23)/b7-6-/t16-/m0/s1. The Kier molecular flexibility index (Phi) is 14.6. The van der Waals surface area contributed by atoms with Crippen molar-refractivity contribution in [2.24, 2.45) is 0 Å². The first-order valence-corrected chi connectivity index (χ1v) is 8.89. The largest absolute Gasteiger partial charge is 0.480 e. The third-order valence-corrected chi connectivity index (χ3v) is 3.73. The quantitative estimate of drug-likeness (QED) is 0.318. The smallest absolute Gasteiger partial charge is 0.328 e. The molecule has 1 amide bonds. The van der Waals surface area contributed by atoms with E-state index in [4.69, 9.17) is 10.2 Å². The number of carbonyl (C=O) groups excluding carboxylic acids is 1. The van der Waals surface area contributed by atoms with Crippen molar-refractivity contribution >= 4 is 11.9 Å². The highest BCUT2D eigenvalue weighted by Crippen LogP contribution is 2.08. The molecule has 0 unspecified atom stereocenters. The van der Waals surface area contributed by atoms with Crippen molar-refractivity contribution in [2.45, 2.75) is 83.6 Å². The molecule has 5 nitrogen and oxygen atoms in total. The maximum Gasteiger partial charge on any atom is 0.328 e. The Morgan fingerprint density at radius 3 is 2.09 bits per heavy atom. The third kappa shape index (κ3) is 14.0. The molecular formula is C18H33NO4. The molecule has 0 aromatic heterocycles. The van der Waals surface area contributed by atoms with Gasteiger partial charge in [-0.3, -0.25) is 4.79 Å². The summed E-state index contributed by atoms with van der Waals surface area (Å²) in [5, 5.41) is 19.8. The van der Waals surface area contributed by atoms with Crippen molar-refractivity contribution in [2.75, 3.05) is 6.61 Å². The number of rotatable bonds is 15. The highest BCUT2D eigenvalue weighted by atomic mass is 16.4. The molecule has 0 radical (unpaired) electrons. The number of amides is 1. The molecule has 0 aromatic carbocycles. The van der Waals surface area contributed by atoms with E-state index in [0.717, 1.165) is 32.1 Å². The average Bonchev–Trinajstić information content (AvgIpc) is 2.53. The molecule has 0 aromatic rings. The van der Waals surface area contributed by atoms with E-state index in [9.17, 15) is 9.59 Å². The van der Waals surface area contributed by atoms with Gasteiger partial charge in [-0.05, 0) is 32.1 Å². The monoisotopic (exact) mass is 327 g/mol. The zero-order valence-corrected chi connectivity index (χ0v) is 14.4. The van der Waals surface area contributed by atoms with Crippen molar-refractivity contribution in [1.29, 1.82) is 0 Å². The summed E-state index contributed by atoms with van der Waals surface area (Å²) in [6, 6.07) is -1.19. The topological polar surface area (TPSA) is 86.6 Å².